The summed E-state index contributed by atoms with van der Waals surface area (Å²) in [4.78, 5) is 14.4. The fraction of sp³-hybridized carbons (Fsp3) is 0.167. The number of carbonyl (C=O) groups excluding carboxylic acids is 1. The van der Waals surface area contributed by atoms with Gasteiger partial charge in [-0.15, -0.1) is 0 Å². The summed E-state index contributed by atoms with van der Waals surface area (Å²) in [5.74, 6) is -1.22. The van der Waals surface area contributed by atoms with Gasteiger partial charge in [-0.1, -0.05) is 12.1 Å². The van der Waals surface area contributed by atoms with E-state index in [0.717, 1.165) is 28.7 Å². The number of benzene rings is 2. The van der Waals surface area contributed by atoms with E-state index >= 15 is 0 Å². The first kappa shape index (κ1) is 15.2. The molecule has 3 nitrogen and oxygen atoms in total. The number of carbonyl (C=O) groups is 1. The Morgan fingerprint density at radius 3 is 2.74 bits per heavy atom. The fourth-order valence-electron chi connectivity index (χ4n) is 2.55. The van der Waals surface area contributed by atoms with Gasteiger partial charge in [0.25, 0.3) is 0 Å². The molecule has 1 heterocycles. The van der Waals surface area contributed by atoms with Crippen molar-refractivity contribution in [3.8, 4) is 11.1 Å². The number of fused-ring (bicyclic) bond motifs is 1. The Labute approximate surface area is 131 Å². The summed E-state index contributed by atoms with van der Waals surface area (Å²) in [5, 5.41) is 0.949. The van der Waals surface area contributed by atoms with Gasteiger partial charge < -0.3 is 9.72 Å². The molecule has 0 aliphatic carbocycles. The van der Waals surface area contributed by atoms with Gasteiger partial charge in [0.2, 0.25) is 0 Å². The number of hydrogen-bond donors (Lipinski definition) is 1. The van der Waals surface area contributed by atoms with Crippen LogP contribution in [-0.2, 0) is 16.0 Å². The van der Waals surface area contributed by atoms with Crippen LogP contribution in [0.15, 0.2) is 42.5 Å². The highest BCUT2D eigenvalue weighted by Gasteiger charge is 2.09. The number of methoxy groups -OCH3 is 1. The highest BCUT2D eigenvalue weighted by Crippen LogP contribution is 2.27. The second kappa shape index (κ2) is 6.20. The molecule has 5 heteroatoms. The third kappa shape index (κ3) is 3.23. The molecule has 118 valence electrons. The predicted octanol–water partition coefficient (Wildman–Crippen LogP) is 4.22. The summed E-state index contributed by atoms with van der Waals surface area (Å²) in [7, 11) is 1.35. The number of ether oxygens (including phenoxy) is 1. The van der Waals surface area contributed by atoms with Crippen molar-refractivity contribution < 1.29 is 18.3 Å². The van der Waals surface area contributed by atoms with Crippen molar-refractivity contribution in [3.05, 3.63) is 59.8 Å². The predicted molar refractivity (Wildman–Crippen MR) is 84.0 cm³/mol. The van der Waals surface area contributed by atoms with Crippen molar-refractivity contribution >= 4 is 16.9 Å². The van der Waals surface area contributed by atoms with E-state index in [1.54, 1.807) is 12.1 Å². The van der Waals surface area contributed by atoms with Crippen molar-refractivity contribution in [2.75, 3.05) is 7.11 Å². The molecule has 0 amide bonds. The van der Waals surface area contributed by atoms with Gasteiger partial charge in [-0.05, 0) is 47.7 Å². The molecule has 0 saturated carbocycles. The Balaban J connectivity index is 1.93. The van der Waals surface area contributed by atoms with Crippen molar-refractivity contribution in [2.45, 2.75) is 12.8 Å². The maximum atomic E-state index is 13.9. The maximum Gasteiger partial charge on any atom is 0.305 e. The van der Waals surface area contributed by atoms with Crippen molar-refractivity contribution in [1.82, 2.24) is 4.98 Å². The second-order valence-electron chi connectivity index (χ2n) is 5.30. The minimum Gasteiger partial charge on any atom is -0.469 e. The molecule has 0 fully saturated rings. The number of rotatable bonds is 4. The number of H-pyrrole nitrogens is 1. The van der Waals surface area contributed by atoms with Gasteiger partial charge in [0.15, 0.2) is 0 Å². The second-order valence-corrected chi connectivity index (χ2v) is 5.30. The number of esters is 1. The molecule has 23 heavy (non-hydrogen) atoms. The first-order chi connectivity index (χ1) is 11.1. The zero-order valence-electron chi connectivity index (χ0n) is 12.5. The van der Waals surface area contributed by atoms with Crippen molar-refractivity contribution in [2.24, 2.45) is 0 Å². The molecule has 0 aliphatic rings. The Morgan fingerprint density at radius 2 is 1.96 bits per heavy atom. The van der Waals surface area contributed by atoms with Crippen LogP contribution < -0.4 is 0 Å². The van der Waals surface area contributed by atoms with Crippen LogP contribution in [0, 0.1) is 11.6 Å². The Bertz CT molecular complexity index is 871. The third-order valence-corrected chi connectivity index (χ3v) is 3.74. The molecule has 0 bridgehead atoms. The number of hydrogen-bond acceptors (Lipinski definition) is 2. The molecule has 0 aliphatic heterocycles. The molecule has 0 radical (unpaired) electrons. The maximum absolute atomic E-state index is 13.9. The lowest BCUT2D eigenvalue weighted by Gasteiger charge is -2.04. The minimum atomic E-state index is -0.480. The first-order valence-corrected chi connectivity index (χ1v) is 7.20. The van der Waals surface area contributed by atoms with E-state index in [2.05, 4.69) is 9.72 Å². The van der Waals surface area contributed by atoms with E-state index < -0.39 is 11.6 Å². The summed E-state index contributed by atoms with van der Waals surface area (Å²) < 4.78 is 31.8. The molecule has 0 unspecified atom stereocenters. The van der Waals surface area contributed by atoms with E-state index in [1.807, 2.05) is 12.1 Å². The molecule has 0 spiro atoms. The van der Waals surface area contributed by atoms with Crippen LogP contribution >= 0.6 is 0 Å². The lowest BCUT2D eigenvalue weighted by atomic mass is 10.0. The number of aryl methyl sites for hydroxylation is 1. The first-order valence-electron chi connectivity index (χ1n) is 7.20. The van der Waals surface area contributed by atoms with Crippen LogP contribution in [-0.4, -0.2) is 18.1 Å². The molecule has 1 N–H and O–H groups in total. The largest absolute Gasteiger partial charge is 0.469 e. The molecule has 0 saturated heterocycles. The SMILES string of the molecule is COC(=O)CCc1cc2ccc(-c3cc(F)ccc3F)cc2[nH]1. The highest BCUT2D eigenvalue weighted by molar-refractivity contribution is 5.85. The van der Waals surface area contributed by atoms with Gasteiger partial charge in [-0.25, -0.2) is 8.78 Å². The van der Waals surface area contributed by atoms with Crippen LogP contribution in [0.1, 0.15) is 12.1 Å². The zero-order valence-corrected chi connectivity index (χ0v) is 12.5. The third-order valence-electron chi connectivity index (χ3n) is 3.74. The van der Waals surface area contributed by atoms with Crippen LogP contribution in [0.25, 0.3) is 22.0 Å². The van der Waals surface area contributed by atoms with E-state index in [0.29, 0.717) is 12.0 Å². The van der Waals surface area contributed by atoms with E-state index in [9.17, 15) is 13.6 Å². The highest BCUT2D eigenvalue weighted by atomic mass is 19.1. The molecule has 3 aromatic rings. The van der Waals surface area contributed by atoms with Crippen LogP contribution in [0.4, 0.5) is 8.78 Å². The summed E-state index contributed by atoms with van der Waals surface area (Å²) >= 11 is 0. The monoisotopic (exact) mass is 315 g/mol. The molecule has 2 aromatic carbocycles. The lowest BCUT2D eigenvalue weighted by molar-refractivity contribution is -0.140. The number of aromatic amines is 1. The van der Waals surface area contributed by atoms with Crippen molar-refractivity contribution in [1.29, 1.82) is 0 Å². The molecule has 0 atom stereocenters. The molecule has 1 aromatic heterocycles. The smallest absolute Gasteiger partial charge is 0.305 e. The molecule has 3 rings (SSSR count). The van der Waals surface area contributed by atoms with E-state index in [-0.39, 0.29) is 18.0 Å². The Kier molecular flexibility index (Phi) is 4.10. The van der Waals surface area contributed by atoms with Crippen LogP contribution in [0.3, 0.4) is 0 Å². The topological polar surface area (TPSA) is 42.1 Å². The number of nitrogens with one attached hydrogen (secondary N) is 1. The summed E-state index contributed by atoms with van der Waals surface area (Å²) in [5.41, 5.74) is 2.52. The van der Waals surface area contributed by atoms with Gasteiger partial charge in [0.05, 0.1) is 13.5 Å². The summed E-state index contributed by atoms with van der Waals surface area (Å²) in [6.07, 6.45) is 0.819. The average Bonchev–Trinajstić information content (AvgIpc) is 2.96. The van der Waals surface area contributed by atoms with Gasteiger partial charge in [0, 0.05) is 16.8 Å². The average molecular weight is 315 g/mol. The van der Waals surface area contributed by atoms with E-state index in [1.165, 1.54) is 13.2 Å². The number of aromatic nitrogens is 1. The van der Waals surface area contributed by atoms with Crippen molar-refractivity contribution in [3.63, 3.8) is 0 Å². The standard InChI is InChI=1S/C18H15F2NO2/c1-23-18(22)7-5-14-8-12-3-2-11(9-17(12)21-14)15-10-13(19)4-6-16(15)20/h2-4,6,8-10,21H,5,7H2,1H3. The van der Waals surface area contributed by atoms with Crippen LogP contribution in [0.2, 0.25) is 0 Å². The molecular formula is C18H15F2NO2. The number of halogens is 2. The normalized spacial score (nSPS) is 10.9. The minimum absolute atomic E-state index is 0.220. The lowest BCUT2D eigenvalue weighted by Crippen LogP contribution is -2.01. The molecular weight excluding hydrogens is 300 g/mol. The fourth-order valence-corrected chi connectivity index (χ4v) is 2.55. The summed E-state index contributed by atoms with van der Waals surface area (Å²) in [6.45, 7) is 0. The van der Waals surface area contributed by atoms with Gasteiger partial charge in [0.1, 0.15) is 11.6 Å². The Morgan fingerprint density at radius 1 is 1.13 bits per heavy atom. The Hall–Kier alpha value is -2.69. The van der Waals surface area contributed by atoms with Gasteiger partial charge in [-0.3, -0.25) is 4.79 Å². The van der Waals surface area contributed by atoms with E-state index in [4.69, 9.17) is 0 Å². The zero-order chi connectivity index (χ0) is 16.4. The quantitative estimate of drug-likeness (QED) is 0.733. The summed E-state index contributed by atoms with van der Waals surface area (Å²) in [6, 6.07) is 10.7. The van der Waals surface area contributed by atoms with Gasteiger partial charge >= 0.3 is 5.97 Å². The van der Waals surface area contributed by atoms with Gasteiger partial charge in [-0.2, -0.15) is 0 Å². The van der Waals surface area contributed by atoms with Crippen LogP contribution in [0.5, 0.6) is 0 Å².